The fraction of sp³-hybridized carbons (Fsp3) is 0.417. The van der Waals surface area contributed by atoms with Crippen molar-refractivity contribution in [2.24, 2.45) is 11.7 Å². The van der Waals surface area contributed by atoms with Gasteiger partial charge in [0.25, 0.3) is 0 Å². The molecule has 6 rings (SSSR count). The number of nitrogens with zero attached hydrogens (tertiary/aromatic N) is 4. The van der Waals surface area contributed by atoms with E-state index in [-0.39, 0.29) is 17.7 Å². The quantitative estimate of drug-likeness (QED) is 0.275. The Kier molecular flexibility index (Phi) is 9.38. The molecular formula is C36H44N6O2. The largest absolute Gasteiger partial charge is 0.368 e. The van der Waals surface area contributed by atoms with Crippen molar-refractivity contribution in [3.05, 3.63) is 101 Å². The van der Waals surface area contributed by atoms with Crippen LogP contribution in [0, 0.1) is 5.92 Å². The van der Waals surface area contributed by atoms with Crippen LogP contribution in [-0.2, 0) is 22.7 Å². The molecule has 1 saturated heterocycles. The first kappa shape index (κ1) is 30.0. The summed E-state index contributed by atoms with van der Waals surface area (Å²) in [5.41, 5.74) is 11.0. The molecule has 3 atom stereocenters. The van der Waals surface area contributed by atoms with Crippen LogP contribution in [0.1, 0.15) is 67.1 Å². The monoisotopic (exact) mass is 592 g/mol. The molecule has 0 spiro atoms. The van der Waals surface area contributed by atoms with Crippen molar-refractivity contribution in [3.8, 4) is 0 Å². The van der Waals surface area contributed by atoms with Crippen molar-refractivity contribution >= 4 is 22.8 Å². The van der Waals surface area contributed by atoms with Crippen LogP contribution in [0.15, 0.2) is 78.9 Å². The maximum Gasteiger partial charge on any atom is 0.244 e. The van der Waals surface area contributed by atoms with Gasteiger partial charge < -0.3 is 20.5 Å². The average Bonchev–Trinajstić information content (AvgIpc) is 3.40. The Hall–Kier alpha value is -4.01. The number of imidazole rings is 1. The van der Waals surface area contributed by atoms with Crippen LogP contribution in [0.2, 0.25) is 0 Å². The molecule has 0 bridgehead atoms. The fourth-order valence-corrected chi connectivity index (χ4v) is 7.00. The Morgan fingerprint density at radius 2 is 1.55 bits per heavy atom. The Balaban J connectivity index is 1.18. The number of benzene rings is 3. The Morgan fingerprint density at radius 3 is 2.27 bits per heavy atom. The molecule has 1 aromatic heterocycles. The number of carbonyl (C=O) groups is 2. The molecule has 2 aliphatic rings. The fourth-order valence-electron chi connectivity index (χ4n) is 7.00. The number of primary amides is 1. The lowest BCUT2D eigenvalue weighted by Gasteiger charge is -2.33. The third kappa shape index (κ3) is 6.71. The predicted molar refractivity (Wildman–Crippen MR) is 174 cm³/mol. The molecule has 1 aliphatic heterocycles. The van der Waals surface area contributed by atoms with Crippen LogP contribution in [0.25, 0.3) is 11.0 Å². The third-order valence-corrected chi connectivity index (χ3v) is 9.57. The highest BCUT2D eigenvalue weighted by atomic mass is 16.2. The summed E-state index contributed by atoms with van der Waals surface area (Å²) in [6, 6.07) is 25.6. The number of amides is 2. The normalized spacial score (nSPS) is 20.4. The van der Waals surface area contributed by atoms with Crippen molar-refractivity contribution in [2.45, 2.75) is 57.7 Å². The summed E-state index contributed by atoms with van der Waals surface area (Å²) in [6.07, 6.45) is 3.84. The van der Waals surface area contributed by atoms with Gasteiger partial charge in [0.1, 0.15) is 11.9 Å². The molecule has 3 aromatic carbocycles. The molecule has 8 heteroatoms. The van der Waals surface area contributed by atoms with E-state index >= 15 is 0 Å². The lowest BCUT2D eigenvalue weighted by molar-refractivity contribution is -0.131. The van der Waals surface area contributed by atoms with Gasteiger partial charge in [-0.15, -0.1) is 0 Å². The number of para-hydroxylation sites is 2. The molecule has 0 unspecified atom stereocenters. The summed E-state index contributed by atoms with van der Waals surface area (Å²) in [4.78, 5) is 35.9. The number of nitrogens with one attached hydrogen (secondary N) is 1. The van der Waals surface area contributed by atoms with Crippen molar-refractivity contribution in [1.29, 1.82) is 0 Å². The Bertz CT molecular complexity index is 1560. The van der Waals surface area contributed by atoms with Crippen molar-refractivity contribution in [1.82, 2.24) is 24.7 Å². The summed E-state index contributed by atoms with van der Waals surface area (Å²) in [5, 5.41) is 2.98. The lowest BCUT2D eigenvalue weighted by atomic mass is 9.74. The van der Waals surface area contributed by atoms with Crippen molar-refractivity contribution < 1.29 is 9.59 Å². The van der Waals surface area contributed by atoms with E-state index in [9.17, 15) is 9.59 Å². The van der Waals surface area contributed by atoms with Gasteiger partial charge in [0.05, 0.1) is 17.6 Å². The number of fused-ring (bicyclic) bond motifs is 1. The highest BCUT2D eigenvalue weighted by molar-refractivity contribution is 5.89. The molecule has 0 radical (unpaired) electrons. The number of hydrogen-bond acceptors (Lipinski definition) is 5. The molecule has 2 fully saturated rings. The van der Waals surface area contributed by atoms with Gasteiger partial charge in [0.15, 0.2) is 0 Å². The van der Waals surface area contributed by atoms with Crippen LogP contribution in [0.4, 0.5) is 0 Å². The molecule has 1 saturated carbocycles. The van der Waals surface area contributed by atoms with E-state index in [4.69, 9.17) is 10.7 Å². The molecule has 2 amide bonds. The van der Waals surface area contributed by atoms with E-state index in [1.165, 1.54) is 11.1 Å². The van der Waals surface area contributed by atoms with Gasteiger partial charge in [-0.25, -0.2) is 4.98 Å². The molecule has 8 nitrogen and oxygen atoms in total. The van der Waals surface area contributed by atoms with Crippen LogP contribution in [0.5, 0.6) is 0 Å². The Morgan fingerprint density at radius 1 is 0.864 bits per heavy atom. The van der Waals surface area contributed by atoms with Gasteiger partial charge in [0, 0.05) is 38.6 Å². The minimum atomic E-state index is -0.830. The summed E-state index contributed by atoms with van der Waals surface area (Å²) >= 11 is 0. The molecule has 3 N–H and O–H groups in total. The molecule has 44 heavy (non-hydrogen) atoms. The average molecular weight is 593 g/mol. The number of likely N-dealkylation sites (N-methyl/N-ethyl adjacent to an activating group) is 1. The summed E-state index contributed by atoms with van der Waals surface area (Å²) in [5.74, 6) is 0.370. The number of rotatable bonds is 10. The molecule has 4 aromatic rings. The highest BCUT2D eigenvalue weighted by Crippen LogP contribution is 2.38. The van der Waals surface area contributed by atoms with E-state index in [1.54, 1.807) is 0 Å². The first-order chi connectivity index (χ1) is 21.5. The second-order valence-electron chi connectivity index (χ2n) is 12.3. The van der Waals surface area contributed by atoms with Crippen molar-refractivity contribution in [3.63, 3.8) is 0 Å². The van der Waals surface area contributed by atoms with Gasteiger partial charge in [-0.1, -0.05) is 86.5 Å². The Labute approximate surface area is 260 Å². The molecule has 2 heterocycles. The predicted octanol–water partition coefficient (Wildman–Crippen LogP) is 4.84. The summed E-state index contributed by atoms with van der Waals surface area (Å²) in [6.45, 7) is 9.27. The number of piperazine rings is 1. The number of hydrogen-bond donors (Lipinski definition) is 2. The standard InChI is InChI=1S/C36H44N6O2/c1-2-40-20-22-41(23-21-40)25-33-38-31-14-8-9-15-32(31)42(33)24-26-16-18-27(19-17-26)29-12-6-7-13-30(29)36(44)39-34(35(37)43)28-10-4-3-5-11-28/h3-5,8-11,14-19,29-30,34H,2,6-7,12-13,20-25H2,1H3,(H2,37,43)(H,39,44)/t29-,30+,34-/m0/s1. The topological polar surface area (TPSA) is 96.5 Å². The zero-order valence-corrected chi connectivity index (χ0v) is 25.7. The zero-order valence-electron chi connectivity index (χ0n) is 25.7. The molecular weight excluding hydrogens is 548 g/mol. The van der Waals surface area contributed by atoms with E-state index in [0.29, 0.717) is 5.56 Å². The maximum absolute atomic E-state index is 13.6. The van der Waals surface area contributed by atoms with Crippen LogP contribution >= 0.6 is 0 Å². The van der Waals surface area contributed by atoms with E-state index < -0.39 is 11.9 Å². The minimum absolute atomic E-state index is 0.0965. The number of carbonyl (C=O) groups excluding carboxylic acids is 2. The van der Waals surface area contributed by atoms with Crippen LogP contribution in [0.3, 0.4) is 0 Å². The number of nitrogens with two attached hydrogens (primary N) is 1. The van der Waals surface area contributed by atoms with E-state index in [2.05, 4.69) is 75.1 Å². The van der Waals surface area contributed by atoms with E-state index in [1.807, 2.05) is 30.3 Å². The van der Waals surface area contributed by atoms with E-state index in [0.717, 1.165) is 88.4 Å². The molecule has 230 valence electrons. The van der Waals surface area contributed by atoms with Crippen molar-refractivity contribution in [2.75, 3.05) is 32.7 Å². The second kappa shape index (κ2) is 13.7. The lowest BCUT2D eigenvalue weighted by Crippen LogP contribution is -2.45. The van der Waals surface area contributed by atoms with Gasteiger partial charge in [-0.2, -0.15) is 0 Å². The van der Waals surface area contributed by atoms with Gasteiger partial charge >= 0.3 is 0 Å². The number of aromatic nitrogens is 2. The van der Waals surface area contributed by atoms with Crippen LogP contribution < -0.4 is 11.1 Å². The maximum atomic E-state index is 13.6. The molecule has 1 aliphatic carbocycles. The highest BCUT2D eigenvalue weighted by Gasteiger charge is 2.34. The van der Waals surface area contributed by atoms with Crippen LogP contribution in [-0.4, -0.2) is 63.9 Å². The SMILES string of the molecule is CCN1CCN(Cc2nc3ccccc3n2Cc2ccc([C@@H]3CCCC[C@H]3C(=O)N[C@H](C(N)=O)c3ccccc3)cc2)CC1. The summed E-state index contributed by atoms with van der Waals surface area (Å²) < 4.78 is 2.36. The summed E-state index contributed by atoms with van der Waals surface area (Å²) in [7, 11) is 0. The smallest absolute Gasteiger partial charge is 0.244 e. The third-order valence-electron chi connectivity index (χ3n) is 9.57. The van der Waals surface area contributed by atoms with Gasteiger partial charge in [-0.05, 0) is 54.1 Å². The second-order valence-corrected chi connectivity index (χ2v) is 12.3. The van der Waals surface area contributed by atoms with Gasteiger partial charge in [-0.3, -0.25) is 14.5 Å². The van der Waals surface area contributed by atoms with Gasteiger partial charge in [0.2, 0.25) is 11.8 Å². The first-order valence-corrected chi connectivity index (χ1v) is 16.1. The first-order valence-electron chi connectivity index (χ1n) is 16.1. The zero-order chi connectivity index (χ0) is 30.5. The minimum Gasteiger partial charge on any atom is -0.368 e.